The minimum atomic E-state index is 0.133. The summed E-state index contributed by atoms with van der Waals surface area (Å²) in [5.74, 6) is 1.78. The van der Waals surface area contributed by atoms with Crippen LogP contribution in [0.1, 0.15) is 27.2 Å². The van der Waals surface area contributed by atoms with Crippen molar-refractivity contribution >= 4 is 5.84 Å². The third kappa shape index (κ3) is 2.10. The fraction of sp³-hybridized carbons (Fsp3) is 0.875. The van der Waals surface area contributed by atoms with Gasteiger partial charge in [-0.3, -0.25) is 0 Å². The highest BCUT2D eigenvalue weighted by molar-refractivity contribution is 5.74. The van der Waals surface area contributed by atoms with E-state index < -0.39 is 0 Å². The Morgan fingerprint density at radius 3 is 2.55 bits per heavy atom. The summed E-state index contributed by atoms with van der Waals surface area (Å²) in [6.45, 7) is 6.39. The molecule has 1 rings (SSSR count). The van der Waals surface area contributed by atoms with Gasteiger partial charge in [0.15, 0.2) is 0 Å². The maximum absolute atomic E-state index is 4.39. The molecule has 1 unspecified atom stereocenters. The van der Waals surface area contributed by atoms with E-state index in [4.69, 9.17) is 0 Å². The normalized spacial score (nSPS) is 23.9. The van der Waals surface area contributed by atoms with E-state index in [0.29, 0.717) is 5.92 Å². The summed E-state index contributed by atoms with van der Waals surface area (Å²) in [5, 5.41) is 4.25. The van der Waals surface area contributed by atoms with Crippen LogP contribution in [0.15, 0.2) is 10.1 Å². The highest BCUT2D eigenvalue weighted by Gasteiger charge is 2.24. The summed E-state index contributed by atoms with van der Waals surface area (Å²) < 4.78 is 1.89. The Labute approximate surface area is 67.8 Å². The second-order valence-electron chi connectivity index (χ2n) is 3.41. The number of aliphatic imine (C=N–C) groups is 1. The first kappa shape index (κ1) is 8.37. The lowest BCUT2D eigenvalue weighted by atomic mass is 10.1. The van der Waals surface area contributed by atoms with Crippen LogP contribution in [0.5, 0.6) is 0 Å². The van der Waals surface area contributed by atoms with E-state index >= 15 is 0 Å². The smallest absolute Gasteiger partial charge is 0.138 e. The Bertz CT molecular complexity index is 203. The fourth-order valence-electron chi connectivity index (χ4n) is 1.19. The molecule has 3 nitrogen and oxygen atoms in total. The van der Waals surface area contributed by atoms with Crippen molar-refractivity contribution in [1.29, 1.82) is 0 Å². The van der Waals surface area contributed by atoms with Crippen molar-refractivity contribution < 1.29 is 4.70 Å². The maximum atomic E-state index is 4.39. The van der Waals surface area contributed by atoms with E-state index in [1.807, 2.05) is 18.7 Å². The Kier molecular flexibility index (Phi) is 2.37. The molecule has 1 aliphatic rings. The van der Waals surface area contributed by atoms with E-state index in [1.165, 1.54) is 0 Å². The van der Waals surface area contributed by atoms with Crippen molar-refractivity contribution in [2.45, 2.75) is 33.4 Å². The van der Waals surface area contributed by atoms with Crippen LogP contribution in [-0.2, 0) is 0 Å². The molecule has 0 spiro atoms. The summed E-state index contributed by atoms with van der Waals surface area (Å²) in [5.41, 5.74) is 0. The van der Waals surface area contributed by atoms with Crippen molar-refractivity contribution in [3.63, 3.8) is 0 Å². The molecule has 0 saturated carbocycles. The van der Waals surface area contributed by atoms with Crippen molar-refractivity contribution in [2.24, 2.45) is 16.0 Å². The molecule has 1 aliphatic heterocycles. The molecule has 0 fully saturated rings. The van der Waals surface area contributed by atoms with Crippen LogP contribution in [0.4, 0.5) is 0 Å². The van der Waals surface area contributed by atoms with Gasteiger partial charge in [-0.2, -0.15) is 0 Å². The summed E-state index contributed by atoms with van der Waals surface area (Å²) in [6, 6.07) is 0. The Hall–Kier alpha value is -0.730. The zero-order chi connectivity index (χ0) is 8.43. The molecule has 0 aromatic heterocycles. The van der Waals surface area contributed by atoms with Gasteiger partial charge in [0, 0.05) is 6.92 Å². The maximum Gasteiger partial charge on any atom is 0.315 e. The number of hydrogen-bond donors (Lipinski definition) is 0. The zero-order valence-electron chi connectivity index (χ0n) is 7.70. The minimum Gasteiger partial charge on any atom is -0.138 e. The van der Waals surface area contributed by atoms with Crippen LogP contribution in [0, 0.1) is 5.92 Å². The topological polar surface area (TPSA) is 27.7 Å². The summed E-state index contributed by atoms with van der Waals surface area (Å²) in [7, 11) is 1.96. The molecule has 0 amide bonds. The molecule has 62 valence electrons. The average molecular weight is 154 g/mol. The lowest BCUT2D eigenvalue weighted by Gasteiger charge is -1.97. The zero-order valence-corrected chi connectivity index (χ0v) is 7.70. The lowest BCUT2D eigenvalue weighted by molar-refractivity contribution is -0.448. The number of hydrogen-bond acceptors (Lipinski definition) is 2. The van der Waals surface area contributed by atoms with Gasteiger partial charge in [-0.25, -0.2) is 0 Å². The van der Waals surface area contributed by atoms with Crippen LogP contribution < -0.4 is 0 Å². The van der Waals surface area contributed by atoms with Crippen LogP contribution >= 0.6 is 0 Å². The number of nitrogens with zero attached hydrogens (tertiary/aromatic N) is 3. The van der Waals surface area contributed by atoms with E-state index in [-0.39, 0.29) is 6.17 Å². The first-order chi connectivity index (χ1) is 5.09. The first-order valence-electron chi connectivity index (χ1n) is 4.10. The van der Waals surface area contributed by atoms with Gasteiger partial charge in [-0.15, -0.1) is 4.70 Å². The molecule has 0 aromatic rings. The summed E-state index contributed by atoms with van der Waals surface area (Å²) >= 11 is 0. The predicted molar refractivity (Wildman–Crippen MR) is 45.0 cm³/mol. The van der Waals surface area contributed by atoms with Crippen LogP contribution in [0.3, 0.4) is 0 Å². The lowest BCUT2D eigenvalue weighted by Crippen LogP contribution is -2.13. The van der Waals surface area contributed by atoms with E-state index in [9.17, 15) is 0 Å². The number of azo groups is 2. The molecule has 3 heteroatoms. The molecule has 1 atom stereocenters. The van der Waals surface area contributed by atoms with Crippen molar-refractivity contribution in [3.8, 4) is 0 Å². The first-order valence-corrected chi connectivity index (χ1v) is 4.10. The van der Waals surface area contributed by atoms with Gasteiger partial charge in [-0.1, -0.05) is 24.0 Å². The SMILES string of the molecule is CC(C)CC1=NC(C)N=[N+]1C. The van der Waals surface area contributed by atoms with Crippen LogP contribution in [0.25, 0.3) is 0 Å². The number of rotatable bonds is 2. The average Bonchev–Trinajstić information content (AvgIpc) is 2.09. The van der Waals surface area contributed by atoms with E-state index in [1.54, 1.807) is 0 Å². The predicted octanol–water partition coefficient (Wildman–Crippen LogP) is 1.89. The van der Waals surface area contributed by atoms with Crippen molar-refractivity contribution in [3.05, 3.63) is 0 Å². The second kappa shape index (κ2) is 3.11. The van der Waals surface area contributed by atoms with Gasteiger partial charge in [0.25, 0.3) is 6.17 Å². The molecule has 0 aliphatic carbocycles. The Morgan fingerprint density at radius 2 is 2.18 bits per heavy atom. The second-order valence-corrected chi connectivity index (χ2v) is 3.41. The molecular weight excluding hydrogens is 138 g/mol. The molecule has 0 bridgehead atoms. The van der Waals surface area contributed by atoms with Crippen LogP contribution in [0.2, 0.25) is 0 Å². The molecule has 0 saturated heterocycles. The van der Waals surface area contributed by atoms with Gasteiger partial charge in [-0.05, 0) is 5.92 Å². The van der Waals surface area contributed by atoms with Gasteiger partial charge < -0.3 is 0 Å². The highest BCUT2D eigenvalue weighted by Crippen LogP contribution is 2.10. The molecular formula is C8H16N3+. The molecule has 0 aromatic carbocycles. The van der Waals surface area contributed by atoms with Gasteiger partial charge in [0.1, 0.15) is 7.05 Å². The minimum absolute atomic E-state index is 0.133. The van der Waals surface area contributed by atoms with E-state index in [0.717, 1.165) is 12.3 Å². The van der Waals surface area contributed by atoms with Gasteiger partial charge in [0.05, 0.1) is 6.42 Å². The largest absolute Gasteiger partial charge is 0.315 e. The highest BCUT2D eigenvalue weighted by atomic mass is 15.4. The van der Waals surface area contributed by atoms with Crippen LogP contribution in [-0.4, -0.2) is 23.7 Å². The Balaban J connectivity index is 2.60. The Morgan fingerprint density at radius 1 is 1.55 bits per heavy atom. The third-order valence-electron chi connectivity index (χ3n) is 1.64. The number of amidine groups is 1. The molecule has 0 N–H and O–H groups in total. The molecule has 11 heavy (non-hydrogen) atoms. The molecule has 0 radical (unpaired) electrons. The fourth-order valence-corrected chi connectivity index (χ4v) is 1.19. The van der Waals surface area contributed by atoms with Crippen molar-refractivity contribution in [1.82, 2.24) is 0 Å². The third-order valence-corrected chi connectivity index (χ3v) is 1.64. The summed E-state index contributed by atoms with van der Waals surface area (Å²) in [6.07, 6.45) is 1.17. The van der Waals surface area contributed by atoms with Crippen molar-refractivity contribution in [2.75, 3.05) is 7.05 Å². The quantitative estimate of drug-likeness (QED) is 0.543. The molecule has 1 heterocycles. The standard InChI is InChI=1S/C8H16N3/c1-6(2)5-8-9-7(3)10-11(8)4/h6-7H,5H2,1-4H3/q+1. The monoisotopic (exact) mass is 154 g/mol. The summed E-state index contributed by atoms with van der Waals surface area (Å²) in [4.78, 5) is 4.39. The van der Waals surface area contributed by atoms with Gasteiger partial charge >= 0.3 is 5.84 Å². The van der Waals surface area contributed by atoms with Gasteiger partial charge in [0.2, 0.25) is 0 Å². The van der Waals surface area contributed by atoms with E-state index in [2.05, 4.69) is 24.0 Å².